The molecule has 0 atom stereocenters. The summed E-state index contributed by atoms with van der Waals surface area (Å²) < 4.78 is 16.1. The van der Waals surface area contributed by atoms with Crippen LogP contribution in [0.2, 0.25) is 0 Å². The Bertz CT molecular complexity index is 500. The lowest BCUT2D eigenvalue weighted by Gasteiger charge is -2.22. The van der Waals surface area contributed by atoms with Crippen LogP contribution in [0.25, 0.3) is 0 Å². The van der Waals surface area contributed by atoms with Crippen molar-refractivity contribution in [2.75, 3.05) is 27.9 Å². The van der Waals surface area contributed by atoms with Gasteiger partial charge in [-0.25, -0.2) is 0 Å². The van der Waals surface area contributed by atoms with Gasteiger partial charge in [0.25, 0.3) is 0 Å². The number of carbonyl (C=O) groups excluding carboxylic acids is 1. The van der Waals surface area contributed by atoms with Crippen molar-refractivity contribution in [3.05, 3.63) is 17.7 Å². The first-order chi connectivity index (χ1) is 10.6. The summed E-state index contributed by atoms with van der Waals surface area (Å²) in [5.74, 6) is 2.13. The van der Waals surface area contributed by atoms with E-state index in [2.05, 4.69) is 0 Å². The van der Waals surface area contributed by atoms with Crippen LogP contribution in [0, 0.1) is 0 Å². The van der Waals surface area contributed by atoms with Crippen molar-refractivity contribution in [3.8, 4) is 17.2 Å². The third-order valence-corrected chi connectivity index (χ3v) is 3.98. The van der Waals surface area contributed by atoms with Crippen LogP contribution >= 0.6 is 0 Å². The van der Waals surface area contributed by atoms with Crippen LogP contribution in [0.1, 0.15) is 31.7 Å². The Morgan fingerprint density at radius 2 is 1.73 bits per heavy atom. The van der Waals surface area contributed by atoms with Gasteiger partial charge in [0, 0.05) is 19.0 Å². The second kappa shape index (κ2) is 7.38. The molecule has 1 fully saturated rings. The quantitative estimate of drug-likeness (QED) is 0.741. The number of ether oxygens (including phenoxy) is 3. The molecule has 122 valence electrons. The second-order valence-electron chi connectivity index (χ2n) is 5.46. The Balaban J connectivity index is 2.13. The molecule has 0 N–H and O–H groups in total. The Hall–Kier alpha value is -1.91. The normalized spacial score (nSPS) is 13.6. The highest BCUT2D eigenvalue weighted by Gasteiger charge is 2.31. The topological polar surface area (TPSA) is 48.0 Å². The van der Waals surface area contributed by atoms with E-state index < -0.39 is 0 Å². The number of nitrogens with zero attached hydrogens (tertiary/aromatic N) is 1. The Morgan fingerprint density at radius 1 is 1.14 bits per heavy atom. The Morgan fingerprint density at radius 3 is 2.14 bits per heavy atom. The van der Waals surface area contributed by atoms with Gasteiger partial charge in [0.15, 0.2) is 11.5 Å². The summed E-state index contributed by atoms with van der Waals surface area (Å²) in [6.07, 6.45) is 3.59. The molecule has 0 unspecified atom stereocenters. The smallest absolute Gasteiger partial charge is 0.222 e. The third kappa shape index (κ3) is 3.64. The molecule has 22 heavy (non-hydrogen) atoms. The fraction of sp³-hybridized carbons (Fsp3) is 0.588. The van der Waals surface area contributed by atoms with E-state index in [1.54, 1.807) is 21.3 Å². The fourth-order valence-corrected chi connectivity index (χ4v) is 2.63. The highest BCUT2D eigenvalue weighted by molar-refractivity contribution is 5.76. The number of rotatable bonds is 8. The van der Waals surface area contributed by atoms with Crippen LogP contribution in [0.3, 0.4) is 0 Å². The van der Waals surface area contributed by atoms with E-state index >= 15 is 0 Å². The first kappa shape index (κ1) is 16.5. The molecule has 5 nitrogen and oxygen atoms in total. The summed E-state index contributed by atoms with van der Waals surface area (Å²) >= 11 is 0. The number of benzene rings is 1. The molecular formula is C17H25NO4. The van der Waals surface area contributed by atoms with Crippen LogP contribution in [-0.4, -0.2) is 44.7 Å². The van der Waals surface area contributed by atoms with Gasteiger partial charge >= 0.3 is 0 Å². The average molecular weight is 307 g/mol. The summed E-state index contributed by atoms with van der Waals surface area (Å²) in [6.45, 7) is 2.65. The van der Waals surface area contributed by atoms with Gasteiger partial charge in [0.2, 0.25) is 11.7 Å². The standard InChI is InChI=1S/C17H25NO4/c1-5-16(19)18(13-6-7-13)9-8-12-10-14(20-2)17(22-4)15(11-12)21-3/h10-11,13H,5-9H2,1-4H3. The Labute approximate surface area is 132 Å². The van der Waals surface area contributed by atoms with E-state index in [0.717, 1.165) is 31.4 Å². The molecule has 0 spiro atoms. The zero-order chi connectivity index (χ0) is 16.1. The monoisotopic (exact) mass is 307 g/mol. The molecule has 0 aliphatic heterocycles. The van der Waals surface area contributed by atoms with E-state index in [0.29, 0.717) is 29.7 Å². The number of hydrogen-bond acceptors (Lipinski definition) is 4. The minimum absolute atomic E-state index is 0.231. The van der Waals surface area contributed by atoms with Gasteiger partial charge in [-0.1, -0.05) is 6.92 Å². The molecule has 1 aliphatic carbocycles. The van der Waals surface area contributed by atoms with E-state index in [1.807, 2.05) is 24.0 Å². The highest BCUT2D eigenvalue weighted by atomic mass is 16.5. The van der Waals surface area contributed by atoms with Gasteiger partial charge in [-0.15, -0.1) is 0 Å². The highest BCUT2D eigenvalue weighted by Crippen LogP contribution is 2.38. The summed E-state index contributed by atoms with van der Waals surface area (Å²) in [5.41, 5.74) is 1.07. The number of amides is 1. The molecule has 2 rings (SSSR count). The molecular weight excluding hydrogens is 282 g/mol. The first-order valence-electron chi connectivity index (χ1n) is 7.72. The lowest BCUT2D eigenvalue weighted by molar-refractivity contribution is -0.131. The molecule has 1 aromatic carbocycles. The lowest BCUT2D eigenvalue weighted by atomic mass is 10.1. The summed E-state index contributed by atoms with van der Waals surface area (Å²) in [6, 6.07) is 4.33. The summed E-state index contributed by atoms with van der Waals surface area (Å²) in [7, 11) is 4.81. The zero-order valence-electron chi connectivity index (χ0n) is 13.8. The fourth-order valence-electron chi connectivity index (χ4n) is 2.63. The predicted molar refractivity (Wildman–Crippen MR) is 84.8 cm³/mol. The van der Waals surface area contributed by atoms with Crippen LogP contribution in [-0.2, 0) is 11.2 Å². The van der Waals surface area contributed by atoms with Crippen LogP contribution < -0.4 is 14.2 Å². The number of carbonyl (C=O) groups is 1. The van der Waals surface area contributed by atoms with Gasteiger partial charge < -0.3 is 19.1 Å². The van der Waals surface area contributed by atoms with E-state index in [1.165, 1.54) is 0 Å². The minimum atomic E-state index is 0.231. The van der Waals surface area contributed by atoms with Gasteiger partial charge in [-0.2, -0.15) is 0 Å². The van der Waals surface area contributed by atoms with Crippen molar-refractivity contribution < 1.29 is 19.0 Å². The predicted octanol–water partition coefficient (Wildman–Crippen LogP) is 2.66. The molecule has 1 aromatic rings. The van der Waals surface area contributed by atoms with Crippen molar-refractivity contribution in [3.63, 3.8) is 0 Å². The summed E-state index contributed by atoms with van der Waals surface area (Å²) in [5, 5.41) is 0. The minimum Gasteiger partial charge on any atom is -0.493 e. The maximum absolute atomic E-state index is 12.0. The van der Waals surface area contributed by atoms with E-state index in [9.17, 15) is 4.79 Å². The molecule has 0 bridgehead atoms. The van der Waals surface area contributed by atoms with E-state index in [4.69, 9.17) is 14.2 Å². The van der Waals surface area contributed by atoms with Gasteiger partial charge in [0.1, 0.15) is 0 Å². The van der Waals surface area contributed by atoms with Crippen molar-refractivity contribution in [2.24, 2.45) is 0 Å². The molecule has 1 amide bonds. The SMILES string of the molecule is CCC(=O)N(CCc1cc(OC)c(OC)c(OC)c1)C1CC1. The molecule has 1 aliphatic rings. The number of hydrogen-bond donors (Lipinski definition) is 0. The molecule has 1 saturated carbocycles. The average Bonchev–Trinajstić information content (AvgIpc) is 3.38. The summed E-state index contributed by atoms with van der Waals surface area (Å²) in [4.78, 5) is 14.0. The zero-order valence-corrected chi connectivity index (χ0v) is 13.8. The van der Waals surface area contributed by atoms with Crippen molar-refractivity contribution >= 4 is 5.91 Å². The molecule has 0 heterocycles. The van der Waals surface area contributed by atoms with Gasteiger partial charge in [-0.05, 0) is 37.0 Å². The van der Waals surface area contributed by atoms with Crippen molar-refractivity contribution in [1.29, 1.82) is 0 Å². The van der Waals surface area contributed by atoms with Crippen LogP contribution in [0.15, 0.2) is 12.1 Å². The molecule has 0 aromatic heterocycles. The van der Waals surface area contributed by atoms with Crippen molar-refractivity contribution in [2.45, 2.75) is 38.6 Å². The van der Waals surface area contributed by atoms with Gasteiger partial charge in [-0.3, -0.25) is 4.79 Å². The van der Waals surface area contributed by atoms with Crippen LogP contribution in [0.5, 0.6) is 17.2 Å². The van der Waals surface area contributed by atoms with Gasteiger partial charge in [0.05, 0.1) is 21.3 Å². The molecule has 0 radical (unpaired) electrons. The largest absolute Gasteiger partial charge is 0.493 e. The molecule has 0 saturated heterocycles. The lowest BCUT2D eigenvalue weighted by Crippen LogP contribution is -2.34. The van der Waals surface area contributed by atoms with Crippen molar-refractivity contribution in [1.82, 2.24) is 4.90 Å². The third-order valence-electron chi connectivity index (χ3n) is 3.98. The first-order valence-corrected chi connectivity index (χ1v) is 7.72. The molecule has 5 heteroatoms. The van der Waals surface area contributed by atoms with Crippen LogP contribution in [0.4, 0.5) is 0 Å². The maximum atomic E-state index is 12.0. The van der Waals surface area contributed by atoms with E-state index in [-0.39, 0.29) is 5.91 Å². The Kier molecular flexibility index (Phi) is 5.52. The second-order valence-corrected chi connectivity index (χ2v) is 5.46. The maximum Gasteiger partial charge on any atom is 0.222 e. The number of methoxy groups -OCH3 is 3.